The molecule has 0 unspecified atom stereocenters. The van der Waals surface area contributed by atoms with Crippen LogP contribution in [0.3, 0.4) is 0 Å². The molecule has 2 heterocycles. The minimum Gasteiger partial charge on any atom is -0.309 e. The molecule has 0 saturated heterocycles. The number of para-hydroxylation sites is 5. The topological polar surface area (TPSA) is 26.9 Å². The Morgan fingerprint density at radius 3 is 1.52 bits per heavy atom. The molecule has 0 bridgehead atoms. The van der Waals surface area contributed by atoms with Crippen molar-refractivity contribution < 1.29 is 0 Å². The Bertz CT molecular complexity index is 2210. The zero-order valence-corrected chi connectivity index (χ0v) is 21.7. The van der Waals surface area contributed by atoms with Crippen LogP contribution in [0.25, 0.3) is 66.1 Å². The second-order valence-electron chi connectivity index (χ2n) is 10.1. The van der Waals surface area contributed by atoms with Gasteiger partial charge in [-0.05, 0) is 60.2 Å². The summed E-state index contributed by atoms with van der Waals surface area (Å²) in [6, 6.07) is 50.2. The van der Waals surface area contributed by atoms with Gasteiger partial charge in [0.25, 0.3) is 0 Å². The minimum absolute atomic E-state index is 0.0690. The highest BCUT2D eigenvalue weighted by Gasteiger charge is 2.17. The van der Waals surface area contributed by atoms with Crippen LogP contribution in [0.5, 0.6) is 0 Å². The quantitative estimate of drug-likeness (QED) is 0.217. The SMILES string of the molecule is O=c1c2ccccc2n(-c2ccc(-c3cccc4c5ccccc5n(-c5ccccc5)c34)cc2)c2ccccc12. The molecule has 0 atom stereocenters. The molecule has 8 rings (SSSR count). The van der Waals surface area contributed by atoms with Gasteiger partial charge in [-0.1, -0.05) is 91.0 Å². The van der Waals surface area contributed by atoms with Crippen LogP contribution < -0.4 is 5.43 Å². The van der Waals surface area contributed by atoms with E-state index in [4.69, 9.17) is 0 Å². The molecule has 3 heteroatoms. The number of pyridine rings is 1. The second kappa shape index (κ2) is 8.82. The maximum atomic E-state index is 13.2. The van der Waals surface area contributed by atoms with Gasteiger partial charge in [0, 0.05) is 38.5 Å². The highest BCUT2D eigenvalue weighted by Crippen LogP contribution is 2.38. The molecular weight excluding hydrogens is 488 g/mol. The van der Waals surface area contributed by atoms with Crippen molar-refractivity contribution in [1.82, 2.24) is 9.13 Å². The van der Waals surface area contributed by atoms with E-state index in [9.17, 15) is 4.79 Å². The summed E-state index contributed by atoms with van der Waals surface area (Å²) >= 11 is 0. The Hall–Kier alpha value is -5.41. The van der Waals surface area contributed by atoms with Crippen molar-refractivity contribution in [2.45, 2.75) is 0 Å². The third kappa shape index (κ3) is 3.28. The van der Waals surface area contributed by atoms with Crippen molar-refractivity contribution in [3.63, 3.8) is 0 Å². The number of rotatable bonds is 3. The van der Waals surface area contributed by atoms with Gasteiger partial charge in [-0.2, -0.15) is 0 Å². The van der Waals surface area contributed by atoms with Crippen LogP contribution in [0.15, 0.2) is 150 Å². The van der Waals surface area contributed by atoms with Gasteiger partial charge in [0.2, 0.25) is 0 Å². The lowest BCUT2D eigenvalue weighted by molar-refractivity contribution is 1.16. The Labute approximate surface area is 230 Å². The maximum absolute atomic E-state index is 13.2. The molecule has 0 radical (unpaired) electrons. The molecule has 40 heavy (non-hydrogen) atoms. The average molecular weight is 513 g/mol. The largest absolute Gasteiger partial charge is 0.309 e. The first-order valence-corrected chi connectivity index (χ1v) is 13.5. The fraction of sp³-hybridized carbons (Fsp3) is 0. The summed E-state index contributed by atoms with van der Waals surface area (Å²) in [4.78, 5) is 13.2. The van der Waals surface area contributed by atoms with E-state index in [0.717, 1.165) is 38.7 Å². The van der Waals surface area contributed by atoms with Crippen molar-refractivity contribution >= 4 is 43.6 Å². The molecule has 0 spiro atoms. The van der Waals surface area contributed by atoms with Crippen molar-refractivity contribution in [2.24, 2.45) is 0 Å². The lowest BCUT2D eigenvalue weighted by atomic mass is 10.0. The van der Waals surface area contributed by atoms with Crippen LogP contribution in [0.2, 0.25) is 0 Å². The summed E-state index contributed by atoms with van der Waals surface area (Å²) in [5.74, 6) is 0. The lowest BCUT2D eigenvalue weighted by Gasteiger charge is -2.16. The van der Waals surface area contributed by atoms with Crippen molar-refractivity contribution in [3.8, 4) is 22.5 Å². The Balaban J connectivity index is 1.37. The molecule has 2 aromatic heterocycles. The van der Waals surface area contributed by atoms with E-state index in [-0.39, 0.29) is 5.43 Å². The highest BCUT2D eigenvalue weighted by atomic mass is 16.1. The van der Waals surface area contributed by atoms with Crippen molar-refractivity contribution in [1.29, 1.82) is 0 Å². The van der Waals surface area contributed by atoms with E-state index in [2.05, 4.69) is 106 Å². The second-order valence-corrected chi connectivity index (χ2v) is 10.1. The van der Waals surface area contributed by atoms with E-state index in [1.165, 1.54) is 27.4 Å². The summed E-state index contributed by atoms with van der Waals surface area (Å²) < 4.78 is 4.56. The number of fused-ring (bicyclic) bond motifs is 5. The molecule has 0 amide bonds. The smallest absolute Gasteiger partial charge is 0.197 e. The number of benzene rings is 6. The molecule has 188 valence electrons. The van der Waals surface area contributed by atoms with Gasteiger partial charge in [0.15, 0.2) is 5.43 Å². The number of nitrogens with zero attached hydrogens (tertiary/aromatic N) is 2. The molecule has 6 aromatic carbocycles. The molecule has 0 aliphatic rings. The number of aromatic nitrogens is 2. The van der Waals surface area contributed by atoms with Crippen LogP contribution in [-0.4, -0.2) is 9.13 Å². The Kier molecular flexibility index (Phi) is 4.98. The number of hydrogen-bond acceptors (Lipinski definition) is 1. The molecule has 8 aromatic rings. The van der Waals surface area contributed by atoms with E-state index < -0.39 is 0 Å². The van der Waals surface area contributed by atoms with E-state index in [0.29, 0.717) is 0 Å². The normalized spacial score (nSPS) is 11.6. The standard InChI is InChI=1S/C37H24N2O/c40-37-31-14-5-8-19-34(31)38(35-20-9-6-15-32(35)37)27-23-21-25(22-24-27)28-16-10-17-30-29-13-4-7-18-33(29)39(36(28)30)26-11-2-1-3-12-26/h1-24H. The first kappa shape index (κ1) is 22.6. The maximum Gasteiger partial charge on any atom is 0.197 e. The zero-order valence-electron chi connectivity index (χ0n) is 21.7. The monoisotopic (exact) mass is 512 g/mol. The summed E-state index contributed by atoms with van der Waals surface area (Å²) in [6.07, 6.45) is 0. The van der Waals surface area contributed by atoms with E-state index in [1.807, 2.05) is 48.5 Å². The summed E-state index contributed by atoms with van der Waals surface area (Å²) in [5, 5.41) is 3.93. The number of hydrogen-bond donors (Lipinski definition) is 0. The minimum atomic E-state index is 0.0690. The summed E-state index contributed by atoms with van der Waals surface area (Å²) in [7, 11) is 0. The molecule has 0 saturated carbocycles. The van der Waals surface area contributed by atoms with Gasteiger partial charge >= 0.3 is 0 Å². The fourth-order valence-corrected chi connectivity index (χ4v) is 6.16. The molecule has 0 aliphatic heterocycles. The summed E-state index contributed by atoms with van der Waals surface area (Å²) in [6.45, 7) is 0. The van der Waals surface area contributed by atoms with Crippen LogP contribution in [0.1, 0.15) is 0 Å². The van der Waals surface area contributed by atoms with Gasteiger partial charge in [0.1, 0.15) is 0 Å². The molecule has 3 nitrogen and oxygen atoms in total. The van der Waals surface area contributed by atoms with Crippen molar-refractivity contribution in [2.75, 3.05) is 0 Å². The van der Waals surface area contributed by atoms with Gasteiger partial charge in [0.05, 0.1) is 22.1 Å². The van der Waals surface area contributed by atoms with Crippen LogP contribution in [0, 0.1) is 0 Å². The van der Waals surface area contributed by atoms with Gasteiger partial charge in [-0.15, -0.1) is 0 Å². The van der Waals surface area contributed by atoms with Gasteiger partial charge in [-0.25, -0.2) is 0 Å². The molecule has 0 fully saturated rings. The predicted molar refractivity (Wildman–Crippen MR) is 167 cm³/mol. The zero-order chi connectivity index (χ0) is 26.6. The summed E-state index contributed by atoms with van der Waals surface area (Å²) in [5.41, 5.74) is 8.76. The van der Waals surface area contributed by atoms with E-state index >= 15 is 0 Å². The molecule has 0 aliphatic carbocycles. The van der Waals surface area contributed by atoms with Gasteiger partial charge in [-0.3, -0.25) is 4.79 Å². The van der Waals surface area contributed by atoms with Crippen molar-refractivity contribution in [3.05, 3.63) is 156 Å². The van der Waals surface area contributed by atoms with Crippen LogP contribution in [-0.2, 0) is 0 Å². The fourth-order valence-electron chi connectivity index (χ4n) is 6.16. The van der Waals surface area contributed by atoms with Gasteiger partial charge < -0.3 is 9.13 Å². The predicted octanol–water partition coefficient (Wildman–Crippen LogP) is 8.91. The Morgan fingerprint density at radius 2 is 0.875 bits per heavy atom. The average Bonchev–Trinajstić information content (AvgIpc) is 3.37. The van der Waals surface area contributed by atoms with Crippen LogP contribution >= 0.6 is 0 Å². The first-order chi connectivity index (χ1) is 19.8. The first-order valence-electron chi connectivity index (χ1n) is 13.5. The third-order valence-corrected chi connectivity index (χ3v) is 7.92. The lowest BCUT2D eigenvalue weighted by Crippen LogP contribution is -2.10. The third-order valence-electron chi connectivity index (χ3n) is 7.92. The van der Waals surface area contributed by atoms with Crippen LogP contribution in [0.4, 0.5) is 0 Å². The highest BCUT2D eigenvalue weighted by molar-refractivity contribution is 6.13. The molecule has 0 N–H and O–H groups in total. The molecular formula is C37H24N2O. The Morgan fingerprint density at radius 1 is 0.375 bits per heavy atom. The van der Waals surface area contributed by atoms with E-state index in [1.54, 1.807) is 0 Å².